The van der Waals surface area contributed by atoms with Gasteiger partial charge in [0.05, 0.1) is 22.7 Å². The number of hydrogen-bond donors (Lipinski definition) is 4. The van der Waals surface area contributed by atoms with Gasteiger partial charge in [-0.2, -0.15) is 0 Å². The number of nitrogens with two attached hydrogens (primary N) is 1. The summed E-state index contributed by atoms with van der Waals surface area (Å²) in [7, 11) is 0. The monoisotopic (exact) mass is 309 g/mol. The number of anilines is 1. The molecule has 0 radical (unpaired) electrons. The number of amides is 1. The number of benzene rings is 1. The highest BCUT2D eigenvalue weighted by Crippen LogP contribution is 2.21. The quantitative estimate of drug-likeness (QED) is 0.361. The fraction of sp³-hybridized carbons (Fsp3) is 0.0909. The zero-order valence-electron chi connectivity index (χ0n) is 10.6. The summed E-state index contributed by atoms with van der Waals surface area (Å²) in [6.07, 6.45) is 0. The molecule has 0 aliphatic carbocycles. The molecule has 0 saturated carbocycles. The number of nitrogens with zero attached hydrogens (tertiary/aromatic N) is 1. The Bertz CT molecular complexity index is 738. The lowest BCUT2D eigenvalue weighted by atomic mass is 10.1. The van der Waals surface area contributed by atoms with Crippen LogP contribution in [0.15, 0.2) is 28.4 Å². The van der Waals surface area contributed by atoms with E-state index in [-0.39, 0.29) is 28.4 Å². The van der Waals surface area contributed by atoms with E-state index >= 15 is 0 Å². The van der Waals surface area contributed by atoms with Crippen LogP contribution in [0.2, 0.25) is 0 Å². The molecule has 1 heterocycles. The van der Waals surface area contributed by atoms with Crippen molar-refractivity contribution in [2.45, 2.75) is 6.54 Å². The Balaban J connectivity index is 2.18. The molecular formula is C11H11N5O4S. The minimum absolute atomic E-state index is 0.0456. The maximum Gasteiger partial charge on any atom is 0.304 e. The molecule has 1 aromatic carbocycles. The number of nitro benzene ring substituents is 1. The first-order chi connectivity index (χ1) is 10.0. The van der Waals surface area contributed by atoms with Crippen LogP contribution >= 0.6 is 11.3 Å². The number of nitrogens with one attached hydrogen (secondary N) is 3. The second kappa shape index (κ2) is 6.15. The van der Waals surface area contributed by atoms with Gasteiger partial charge in [-0.15, -0.1) is 0 Å². The Labute approximate surface area is 121 Å². The van der Waals surface area contributed by atoms with E-state index < -0.39 is 10.8 Å². The molecule has 0 bridgehead atoms. The number of carbonyl (C=O) groups excluding carboxylic acids is 1. The summed E-state index contributed by atoms with van der Waals surface area (Å²) in [6.45, 7) is 0.101. The van der Waals surface area contributed by atoms with Gasteiger partial charge in [-0.3, -0.25) is 25.5 Å². The number of thiazole rings is 1. The van der Waals surface area contributed by atoms with E-state index in [9.17, 15) is 19.7 Å². The lowest BCUT2D eigenvalue weighted by molar-refractivity contribution is -0.384. The molecule has 0 unspecified atom stereocenters. The topological polar surface area (TPSA) is 143 Å². The molecule has 1 amide bonds. The van der Waals surface area contributed by atoms with Crippen LogP contribution in [0.25, 0.3) is 0 Å². The van der Waals surface area contributed by atoms with Crippen molar-refractivity contribution in [3.8, 4) is 0 Å². The zero-order valence-corrected chi connectivity index (χ0v) is 11.4. The molecule has 0 aliphatic heterocycles. The summed E-state index contributed by atoms with van der Waals surface area (Å²) >= 11 is 0.982. The molecule has 0 fully saturated rings. The van der Waals surface area contributed by atoms with Crippen LogP contribution in [0, 0.1) is 10.1 Å². The Morgan fingerprint density at radius 2 is 2.24 bits per heavy atom. The molecule has 0 saturated heterocycles. The van der Waals surface area contributed by atoms with Gasteiger partial charge in [0.2, 0.25) is 0 Å². The SMILES string of the molecule is NNc1ccc([N+](=O)[O-])cc1C(=O)NCc1csc(=O)[nH]1. The first kappa shape index (κ1) is 14.7. The van der Waals surface area contributed by atoms with Crippen molar-refractivity contribution in [3.63, 3.8) is 0 Å². The number of hydrogen-bond acceptors (Lipinski definition) is 7. The highest BCUT2D eigenvalue weighted by Gasteiger charge is 2.16. The predicted molar refractivity (Wildman–Crippen MR) is 77.0 cm³/mol. The Morgan fingerprint density at radius 1 is 1.48 bits per heavy atom. The van der Waals surface area contributed by atoms with E-state index in [2.05, 4.69) is 15.7 Å². The van der Waals surface area contributed by atoms with Crippen LogP contribution in [0.3, 0.4) is 0 Å². The fourth-order valence-electron chi connectivity index (χ4n) is 1.63. The molecule has 0 atom stereocenters. The molecule has 21 heavy (non-hydrogen) atoms. The van der Waals surface area contributed by atoms with Crippen LogP contribution in [0.5, 0.6) is 0 Å². The molecule has 5 N–H and O–H groups in total. The number of aromatic nitrogens is 1. The molecule has 0 aliphatic rings. The first-order valence-corrected chi connectivity index (χ1v) is 6.59. The Hall–Kier alpha value is -2.72. The number of nitrogen functional groups attached to an aromatic ring is 1. The minimum atomic E-state index is -0.604. The molecule has 110 valence electrons. The van der Waals surface area contributed by atoms with Crippen LogP contribution in [-0.4, -0.2) is 15.8 Å². The minimum Gasteiger partial charge on any atom is -0.346 e. The summed E-state index contributed by atoms with van der Waals surface area (Å²) in [4.78, 5) is 35.5. The maximum absolute atomic E-state index is 12.1. The summed E-state index contributed by atoms with van der Waals surface area (Å²) < 4.78 is 0. The summed E-state index contributed by atoms with van der Waals surface area (Å²) in [6, 6.07) is 3.71. The number of nitro groups is 1. The van der Waals surface area contributed by atoms with E-state index in [4.69, 9.17) is 5.84 Å². The molecule has 2 aromatic rings. The first-order valence-electron chi connectivity index (χ1n) is 5.71. The van der Waals surface area contributed by atoms with Gasteiger partial charge in [-0.05, 0) is 6.07 Å². The fourth-order valence-corrected chi connectivity index (χ4v) is 2.21. The molecular weight excluding hydrogens is 298 g/mol. The van der Waals surface area contributed by atoms with Crippen molar-refractivity contribution in [1.29, 1.82) is 0 Å². The number of H-pyrrole nitrogens is 1. The van der Waals surface area contributed by atoms with Crippen molar-refractivity contribution in [3.05, 3.63) is 54.6 Å². The van der Waals surface area contributed by atoms with Crippen LogP contribution in [-0.2, 0) is 6.54 Å². The van der Waals surface area contributed by atoms with E-state index in [1.165, 1.54) is 12.1 Å². The summed E-state index contributed by atoms with van der Waals surface area (Å²) in [5.74, 6) is 4.74. The van der Waals surface area contributed by atoms with Gasteiger partial charge in [0.15, 0.2) is 0 Å². The smallest absolute Gasteiger partial charge is 0.304 e. The molecule has 10 heteroatoms. The van der Waals surface area contributed by atoms with Gasteiger partial charge in [0.1, 0.15) is 0 Å². The highest BCUT2D eigenvalue weighted by molar-refractivity contribution is 7.07. The summed E-state index contributed by atoms with van der Waals surface area (Å²) in [5, 5.41) is 14.9. The third-order valence-electron chi connectivity index (χ3n) is 2.62. The van der Waals surface area contributed by atoms with Gasteiger partial charge in [-0.1, -0.05) is 11.3 Å². The predicted octanol–water partition coefficient (Wildman–Crippen LogP) is 0.560. The van der Waals surface area contributed by atoms with Crippen molar-refractivity contribution >= 4 is 28.6 Å². The van der Waals surface area contributed by atoms with Gasteiger partial charge in [-0.25, -0.2) is 0 Å². The van der Waals surface area contributed by atoms with E-state index in [0.717, 1.165) is 17.4 Å². The standard InChI is InChI=1S/C11H11N5O4S/c12-15-9-2-1-7(16(19)20)3-8(9)10(17)13-4-6-5-21-11(18)14-6/h1-3,5,15H,4,12H2,(H,13,17)(H,14,18). The van der Waals surface area contributed by atoms with Gasteiger partial charge < -0.3 is 15.7 Å². The number of hydrazine groups is 1. The number of aromatic amines is 1. The number of rotatable bonds is 5. The molecule has 9 nitrogen and oxygen atoms in total. The average molecular weight is 309 g/mol. The normalized spacial score (nSPS) is 10.1. The molecule has 0 spiro atoms. The van der Waals surface area contributed by atoms with Gasteiger partial charge in [0.25, 0.3) is 11.6 Å². The second-order valence-corrected chi connectivity index (χ2v) is 4.83. The lowest BCUT2D eigenvalue weighted by Gasteiger charge is -2.09. The van der Waals surface area contributed by atoms with Crippen LogP contribution in [0.1, 0.15) is 16.1 Å². The highest BCUT2D eigenvalue weighted by atomic mass is 32.1. The number of carbonyl (C=O) groups is 1. The molecule has 2 rings (SSSR count). The van der Waals surface area contributed by atoms with E-state index in [1.807, 2.05) is 0 Å². The Kier molecular flexibility index (Phi) is 4.30. The zero-order chi connectivity index (χ0) is 15.4. The van der Waals surface area contributed by atoms with Crippen molar-refractivity contribution in [1.82, 2.24) is 10.3 Å². The third kappa shape index (κ3) is 3.43. The summed E-state index contributed by atoms with van der Waals surface area (Å²) in [5.41, 5.74) is 2.94. The van der Waals surface area contributed by atoms with Crippen molar-refractivity contribution in [2.24, 2.45) is 5.84 Å². The van der Waals surface area contributed by atoms with Crippen molar-refractivity contribution < 1.29 is 9.72 Å². The average Bonchev–Trinajstić information content (AvgIpc) is 2.89. The second-order valence-electron chi connectivity index (χ2n) is 3.99. The third-order valence-corrected chi connectivity index (χ3v) is 3.34. The van der Waals surface area contributed by atoms with Crippen LogP contribution < -0.4 is 21.5 Å². The van der Waals surface area contributed by atoms with Crippen LogP contribution in [0.4, 0.5) is 11.4 Å². The maximum atomic E-state index is 12.1. The van der Waals surface area contributed by atoms with Gasteiger partial charge >= 0.3 is 4.87 Å². The van der Waals surface area contributed by atoms with E-state index in [0.29, 0.717) is 5.69 Å². The Morgan fingerprint density at radius 3 is 2.81 bits per heavy atom. The van der Waals surface area contributed by atoms with E-state index in [1.54, 1.807) is 5.38 Å². The molecule has 1 aromatic heterocycles. The lowest BCUT2D eigenvalue weighted by Crippen LogP contribution is -2.25. The number of non-ortho nitro benzene ring substituents is 1. The van der Waals surface area contributed by atoms with Gasteiger partial charge in [0, 0.05) is 23.2 Å². The largest absolute Gasteiger partial charge is 0.346 e. The van der Waals surface area contributed by atoms with Crippen molar-refractivity contribution in [2.75, 3.05) is 5.43 Å².